The van der Waals surface area contributed by atoms with Gasteiger partial charge < -0.3 is 15.2 Å². The molecule has 0 radical (unpaired) electrons. The molecular weight excluding hydrogens is 221 g/mol. The van der Waals surface area contributed by atoms with Gasteiger partial charge in [0.2, 0.25) is 0 Å². The van der Waals surface area contributed by atoms with Crippen molar-refractivity contribution in [1.29, 1.82) is 0 Å². The average Bonchev–Trinajstić information content (AvgIpc) is 3.09. The first-order chi connectivity index (χ1) is 8.16. The van der Waals surface area contributed by atoms with Gasteiger partial charge in [0.05, 0.1) is 6.61 Å². The molecule has 17 heavy (non-hydrogen) atoms. The van der Waals surface area contributed by atoms with Crippen molar-refractivity contribution in [3.63, 3.8) is 0 Å². The molecule has 0 saturated heterocycles. The Morgan fingerprint density at radius 2 is 2.24 bits per heavy atom. The van der Waals surface area contributed by atoms with E-state index in [1.54, 1.807) is 12.1 Å². The van der Waals surface area contributed by atoms with Gasteiger partial charge in [-0.2, -0.15) is 0 Å². The summed E-state index contributed by atoms with van der Waals surface area (Å²) in [6, 6.07) is 4.59. The van der Waals surface area contributed by atoms with Gasteiger partial charge in [0.25, 0.3) is 0 Å². The van der Waals surface area contributed by atoms with Crippen molar-refractivity contribution in [3.05, 3.63) is 29.6 Å². The van der Waals surface area contributed by atoms with Crippen LogP contribution in [-0.2, 0) is 4.74 Å². The monoisotopic (exact) mass is 239 g/mol. The summed E-state index contributed by atoms with van der Waals surface area (Å²) in [5.41, 5.74) is 6.42. The Morgan fingerprint density at radius 1 is 1.47 bits per heavy atom. The fraction of sp³-hybridized carbons (Fsp3) is 0.538. The molecule has 1 atom stereocenters. The molecule has 3 nitrogen and oxygen atoms in total. The number of benzene rings is 1. The first-order valence-corrected chi connectivity index (χ1v) is 5.92. The zero-order chi connectivity index (χ0) is 12.3. The van der Waals surface area contributed by atoms with Gasteiger partial charge >= 0.3 is 0 Å². The van der Waals surface area contributed by atoms with Crippen molar-refractivity contribution in [2.45, 2.75) is 25.8 Å². The predicted octanol–water partition coefficient (Wildman–Crippen LogP) is 2.61. The fourth-order valence-electron chi connectivity index (χ4n) is 1.52. The van der Waals surface area contributed by atoms with Crippen LogP contribution in [0.2, 0.25) is 0 Å². The minimum atomic E-state index is -0.394. The lowest BCUT2D eigenvalue weighted by Gasteiger charge is -2.10. The molecule has 0 bridgehead atoms. The zero-order valence-electron chi connectivity index (χ0n) is 9.99. The van der Waals surface area contributed by atoms with E-state index in [1.807, 2.05) is 6.92 Å². The van der Waals surface area contributed by atoms with Crippen molar-refractivity contribution in [3.8, 4) is 5.75 Å². The molecule has 0 spiro atoms. The Kier molecular flexibility index (Phi) is 3.97. The van der Waals surface area contributed by atoms with E-state index >= 15 is 0 Å². The molecule has 4 heteroatoms. The Bertz CT molecular complexity index is 378. The first kappa shape index (κ1) is 12.3. The smallest absolute Gasteiger partial charge is 0.189 e. The average molecular weight is 239 g/mol. The van der Waals surface area contributed by atoms with Crippen LogP contribution >= 0.6 is 0 Å². The summed E-state index contributed by atoms with van der Waals surface area (Å²) in [5, 5.41) is 0. The largest absolute Gasteiger partial charge is 0.464 e. The second kappa shape index (κ2) is 5.47. The molecule has 0 aliphatic heterocycles. The van der Waals surface area contributed by atoms with Gasteiger partial charge in [-0.15, -0.1) is 0 Å². The molecule has 94 valence electrons. The van der Waals surface area contributed by atoms with Crippen LogP contribution in [0.1, 0.15) is 31.4 Å². The minimum absolute atomic E-state index is 0.102. The molecule has 2 rings (SSSR count). The molecule has 0 heterocycles. The van der Waals surface area contributed by atoms with Crippen LogP contribution in [0.5, 0.6) is 5.75 Å². The highest BCUT2D eigenvalue weighted by Crippen LogP contribution is 2.28. The van der Waals surface area contributed by atoms with E-state index < -0.39 is 5.82 Å². The maximum Gasteiger partial charge on any atom is 0.189 e. The second-order valence-corrected chi connectivity index (χ2v) is 4.55. The van der Waals surface area contributed by atoms with Crippen molar-refractivity contribution in [2.24, 2.45) is 11.7 Å². The van der Waals surface area contributed by atoms with Crippen molar-refractivity contribution < 1.29 is 13.9 Å². The summed E-state index contributed by atoms with van der Waals surface area (Å²) in [5.74, 6) is 0.504. The number of hydrogen-bond donors (Lipinski definition) is 1. The van der Waals surface area contributed by atoms with Crippen LogP contribution in [0, 0.1) is 11.7 Å². The van der Waals surface area contributed by atoms with Crippen molar-refractivity contribution >= 4 is 0 Å². The number of rotatable bonds is 6. The molecule has 2 N–H and O–H groups in total. The molecule has 1 aliphatic rings. The molecule has 0 aromatic heterocycles. The highest BCUT2D eigenvalue weighted by molar-refractivity contribution is 5.30. The van der Waals surface area contributed by atoms with Crippen LogP contribution in [0.4, 0.5) is 4.39 Å². The van der Waals surface area contributed by atoms with Gasteiger partial charge in [-0.25, -0.2) is 4.39 Å². The lowest BCUT2D eigenvalue weighted by atomic mass is 10.1. The van der Waals surface area contributed by atoms with E-state index in [2.05, 4.69) is 0 Å². The zero-order valence-corrected chi connectivity index (χ0v) is 9.99. The fourth-order valence-corrected chi connectivity index (χ4v) is 1.52. The third-order valence-corrected chi connectivity index (χ3v) is 2.83. The minimum Gasteiger partial charge on any atom is -0.464 e. The Morgan fingerprint density at radius 3 is 2.82 bits per heavy atom. The van der Waals surface area contributed by atoms with Crippen molar-refractivity contribution in [1.82, 2.24) is 0 Å². The van der Waals surface area contributed by atoms with Gasteiger partial charge in [0.15, 0.2) is 18.4 Å². The van der Waals surface area contributed by atoms with Gasteiger partial charge in [-0.3, -0.25) is 0 Å². The topological polar surface area (TPSA) is 44.5 Å². The lowest BCUT2D eigenvalue weighted by molar-refractivity contribution is 0.00791. The highest BCUT2D eigenvalue weighted by atomic mass is 19.1. The summed E-state index contributed by atoms with van der Waals surface area (Å²) >= 11 is 0. The molecule has 1 aliphatic carbocycles. The molecule has 0 amide bonds. The lowest BCUT2D eigenvalue weighted by Crippen LogP contribution is -2.08. The van der Waals surface area contributed by atoms with E-state index in [-0.39, 0.29) is 18.6 Å². The summed E-state index contributed by atoms with van der Waals surface area (Å²) in [7, 11) is 0. The number of hydrogen-bond acceptors (Lipinski definition) is 3. The van der Waals surface area contributed by atoms with Gasteiger partial charge in [0.1, 0.15) is 0 Å². The SMILES string of the molecule is C[C@@H](N)c1ccc(OCOCC2CC2)c(F)c1. The Balaban J connectivity index is 1.82. The number of nitrogens with two attached hydrogens (primary N) is 1. The van der Waals surface area contributed by atoms with Gasteiger partial charge in [0, 0.05) is 6.04 Å². The van der Waals surface area contributed by atoms with Crippen LogP contribution in [-0.4, -0.2) is 13.4 Å². The summed E-state index contributed by atoms with van der Waals surface area (Å²) in [6.07, 6.45) is 2.47. The predicted molar refractivity (Wildman–Crippen MR) is 63.2 cm³/mol. The van der Waals surface area contributed by atoms with E-state index in [4.69, 9.17) is 15.2 Å². The Hall–Kier alpha value is -1.13. The summed E-state index contributed by atoms with van der Waals surface area (Å²) in [4.78, 5) is 0. The van der Waals surface area contributed by atoms with Crippen LogP contribution in [0.25, 0.3) is 0 Å². The van der Waals surface area contributed by atoms with Crippen LogP contribution in [0.3, 0.4) is 0 Å². The van der Waals surface area contributed by atoms with Crippen molar-refractivity contribution in [2.75, 3.05) is 13.4 Å². The standard InChI is InChI=1S/C13H18FNO2/c1-9(15)11-4-5-13(12(14)6-11)17-8-16-7-10-2-3-10/h4-6,9-10H,2-3,7-8,15H2,1H3/t9-/m1/s1. The Labute approximate surface area is 101 Å². The summed E-state index contributed by atoms with van der Waals surface area (Å²) < 4.78 is 24.1. The first-order valence-electron chi connectivity index (χ1n) is 5.92. The van der Waals surface area contributed by atoms with Crippen LogP contribution in [0.15, 0.2) is 18.2 Å². The van der Waals surface area contributed by atoms with Gasteiger partial charge in [-0.05, 0) is 43.4 Å². The third kappa shape index (κ3) is 3.68. The number of ether oxygens (including phenoxy) is 2. The highest BCUT2D eigenvalue weighted by Gasteiger charge is 2.21. The van der Waals surface area contributed by atoms with E-state index in [9.17, 15) is 4.39 Å². The molecule has 1 fully saturated rings. The molecule has 0 unspecified atom stereocenters. The normalized spacial score (nSPS) is 16.9. The molecule has 1 saturated carbocycles. The van der Waals surface area contributed by atoms with E-state index in [0.29, 0.717) is 12.5 Å². The van der Waals surface area contributed by atoms with E-state index in [0.717, 1.165) is 5.56 Å². The second-order valence-electron chi connectivity index (χ2n) is 4.55. The quantitative estimate of drug-likeness (QED) is 0.613. The van der Waals surface area contributed by atoms with Crippen LogP contribution < -0.4 is 10.5 Å². The molecular formula is C13H18FNO2. The molecule has 1 aromatic carbocycles. The summed E-state index contributed by atoms with van der Waals surface area (Å²) in [6.45, 7) is 2.62. The molecule has 1 aromatic rings. The van der Waals surface area contributed by atoms with E-state index in [1.165, 1.54) is 18.9 Å². The third-order valence-electron chi connectivity index (χ3n) is 2.83. The van der Waals surface area contributed by atoms with Gasteiger partial charge in [-0.1, -0.05) is 6.07 Å². The maximum absolute atomic E-state index is 13.6. The number of halogens is 1. The maximum atomic E-state index is 13.6.